The Balaban J connectivity index is 2.30. The van der Waals surface area contributed by atoms with Gasteiger partial charge >= 0.3 is 0 Å². The standard InChI is InChI=1S/C11H15IN4/c1-7(2)13-4-9-5-14-11-10(12)8(3)15-16(11)6-9/h5-7,13H,4H2,1-3H3. The number of nitrogens with one attached hydrogen (secondary N) is 1. The lowest BCUT2D eigenvalue weighted by Gasteiger charge is -2.07. The van der Waals surface area contributed by atoms with Gasteiger partial charge in [0.2, 0.25) is 0 Å². The van der Waals surface area contributed by atoms with Gasteiger partial charge in [0.1, 0.15) is 0 Å². The summed E-state index contributed by atoms with van der Waals surface area (Å²) in [7, 11) is 0. The SMILES string of the molecule is Cc1nn2cc(CNC(C)C)cnc2c1I. The Hall–Kier alpha value is -0.690. The zero-order valence-corrected chi connectivity index (χ0v) is 11.8. The van der Waals surface area contributed by atoms with Crippen molar-refractivity contribution in [3.05, 3.63) is 27.2 Å². The molecule has 16 heavy (non-hydrogen) atoms. The first-order chi connectivity index (χ1) is 7.58. The highest BCUT2D eigenvalue weighted by molar-refractivity contribution is 14.1. The molecule has 0 unspecified atom stereocenters. The van der Waals surface area contributed by atoms with Crippen molar-refractivity contribution >= 4 is 28.2 Å². The third-order valence-corrected chi connectivity index (χ3v) is 3.61. The van der Waals surface area contributed by atoms with Crippen molar-refractivity contribution < 1.29 is 0 Å². The zero-order valence-electron chi connectivity index (χ0n) is 9.66. The summed E-state index contributed by atoms with van der Waals surface area (Å²) in [4.78, 5) is 4.43. The predicted molar refractivity (Wildman–Crippen MR) is 72.4 cm³/mol. The van der Waals surface area contributed by atoms with E-state index in [1.54, 1.807) is 0 Å². The summed E-state index contributed by atoms with van der Waals surface area (Å²) < 4.78 is 2.98. The van der Waals surface area contributed by atoms with Crippen LogP contribution in [0.3, 0.4) is 0 Å². The van der Waals surface area contributed by atoms with Crippen LogP contribution in [-0.2, 0) is 6.54 Å². The first kappa shape index (κ1) is 11.8. The average Bonchev–Trinajstić information content (AvgIpc) is 2.52. The van der Waals surface area contributed by atoms with Crippen LogP contribution < -0.4 is 5.32 Å². The maximum absolute atomic E-state index is 4.43. The van der Waals surface area contributed by atoms with Crippen molar-refractivity contribution in [2.24, 2.45) is 0 Å². The molecule has 2 rings (SSSR count). The highest BCUT2D eigenvalue weighted by Gasteiger charge is 2.07. The Bertz CT molecular complexity index is 504. The largest absolute Gasteiger partial charge is 0.310 e. The van der Waals surface area contributed by atoms with Crippen LogP contribution in [0.1, 0.15) is 25.1 Å². The average molecular weight is 330 g/mol. The number of hydrogen-bond acceptors (Lipinski definition) is 3. The van der Waals surface area contributed by atoms with Crippen LogP contribution in [0.25, 0.3) is 5.65 Å². The summed E-state index contributed by atoms with van der Waals surface area (Å²) in [6.45, 7) is 7.10. The second kappa shape index (κ2) is 4.67. The molecule has 0 spiro atoms. The summed E-state index contributed by atoms with van der Waals surface area (Å²) >= 11 is 2.28. The van der Waals surface area contributed by atoms with E-state index < -0.39 is 0 Å². The van der Waals surface area contributed by atoms with Crippen molar-refractivity contribution in [1.82, 2.24) is 19.9 Å². The van der Waals surface area contributed by atoms with Gasteiger partial charge in [-0.1, -0.05) is 13.8 Å². The highest BCUT2D eigenvalue weighted by atomic mass is 127. The van der Waals surface area contributed by atoms with Gasteiger partial charge in [0, 0.05) is 30.5 Å². The molecule has 0 aliphatic heterocycles. The highest BCUT2D eigenvalue weighted by Crippen LogP contribution is 2.15. The molecular weight excluding hydrogens is 315 g/mol. The number of aromatic nitrogens is 3. The molecule has 0 aromatic carbocycles. The molecule has 2 heterocycles. The van der Waals surface area contributed by atoms with E-state index in [-0.39, 0.29) is 0 Å². The van der Waals surface area contributed by atoms with Crippen LogP contribution in [0, 0.1) is 10.5 Å². The fourth-order valence-electron chi connectivity index (χ4n) is 1.47. The van der Waals surface area contributed by atoms with Gasteiger partial charge in [-0.2, -0.15) is 5.10 Å². The van der Waals surface area contributed by atoms with E-state index in [0.29, 0.717) is 6.04 Å². The molecule has 0 aliphatic carbocycles. The van der Waals surface area contributed by atoms with E-state index >= 15 is 0 Å². The van der Waals surface area contributed by atoms with Gasteiger partial charge in [0.25, 0.3) is 0 Å². The van der Waals surface area contributed by atoms with Gasteiger partial charge in [-0.25, -0.2) is 9.50 Å². The van der Waals surface area contributed by atoms with Gasteiger partial charge in [-0.05, 0) is 29.5 Å². The van der Waals surface area contributed by atoms with Crippen molar-refractivity contribution in [3.63, 3.8) is 0 Å². The lowest BCUT2D eigenvalue weighted by atomic mass is 10.3. The number of aryl methyl sites for hydroxylation is 1. The molecule has 5 heteroatoms. The number of nitrogens with zero attached hydrogens (tertiary/aromatic N) is 3. The quantitative estimate of drug-likeness (QED) is 0.877. The van der Waals surface area contributed by atoms with E-state index in [1.165, 1.54) is 0 Å². The molecule has 4 nitrogen and oxygen atoms in total. The van der Waals surface area contributed by atoms with E-state index in [4.69, 9.17) is 0 Å². The second-order valence-corrected chi connectivity index (χ2v) is 5.24. The van der Waals surface area contributed by atoms with E-state index in [1.807, 2.05) is 23.8 Å². The number of halogens is 1. The van der Waals surface area contributed by atoms with Crippen molar-refractivity contribution in [2.45, 2.75) is 33.4 Å². The van der Waals surface area contributed by atoms with Crippen LogP contribution in [0.15, 0.2) is 12.4 Å². The van der Waals surface area contributed by atoms with Crippen molar-refractivity contribution in [2.75, 3.05) is 0 Å². The molecule has 0 bridgehead atoms. The summed E-state index contributed by atoms with van der Waals surface area (Å²) in [5.74, 6) is 0. The second-order valence-electron chi connectivity index (χ2n) is 4.17. The molecule has 86 valence electrons. The maximum Gasteiger partial charge on any atom is 0.168 e. The minimum Gasteiger partial charge on any atom is -0.310 e. The molecule has 0 amide bonds. The number of rotatable bonds is 3. The number of fused-ring (bicyclic) bond motifs is 1. The Morgan fingerprint density at radius 3 is 2.94 bits per heavy atom. The van der Waals surface area contributed by atoms with Gasteiger partial charge in [-0.15, -0.1) is 0 Å². The van der Waals surface area contributed by atoms with Gasteiger partial charge in [-0.3, -0.25) is 0 Å². The molecule has 0 saturated carbocycles. The van der Waals surface area contributed by atoms with Crippen LogP contribution in [-0.4, -0.2) is 20.6 Å². The van der Waals surface area contributed by atoms with Crippen molar-refractivity contribution in [3.8, 4) is 0 Å². The zero-order chi connectivity index (χ0) is 11.7. The fraction of sp³-hybridized carbons (Fsp3) is 0.455. The van der Waals surface area contributed by atoms with E-state index in [0.717, 1.165) is 27.0 Å². The Morgan fingerprint density at radius 1 is 1.50 bits per heavy atom. The first-order valence-corrected chi connectivity index (χ1v) is 6.38. The first-order valence-electron chi connectivity index (χ1n) is 5.30. The van der Waals surface area contributed by atoms with E-state index in [9.17, 15) is 0 Å². The monoisotopic (exact) mass is 330 g/mol. The van der Waals surface area contributed by atoms with Crippen LogP contribution in [0.5, 0.6) is 0 Å². The summed E-state index contributed by atoms with van der Waals surface area (Å²) in [6.07, 6.45) is 3.95. The predicted octanol–water partition coefficient (Wildman–Crippen LogP) is 2.14. The topological polar surface area (TPSA) is 42.2 Å². The third kappa shape index (κ3) is 2.35. The van der Waals surface area contributed by atoms with Gasteiger partial charge in [0.05, 0.1) is 9.26 Å². The lowest BCUT2D eigenvalue weighted by Crippen LogP contribution is -2.22. The number of hydrogen-bond donors (Lipinski definition) is 1. The minimum atomic E-state index is 0.482. The van der Waals surface area contributed by atoms with Gasteiger partial charge in [0.15, 0.2) is 5.65 Å². The fourth-order valence-corrected chi connectivity index (χ4v) is 1.96. The molecule has 0 radical (unpaired) electrons. The molecule has 2 aromatic rings. The molecule has 0 aliphatic rings. The lowest BCUT2D eigenvalue weighted by molar-refractivity contribution is 0.586. The molecule has 0 fully saturated rings. The van der Waals surface area contributed by atoms with E-state index in [2.05, 4.69) is 51.8 Å². The Kier molecular flexibility index (Phi) is 3.44. The summed E-state index contributed by atoms with van der Waals surface area (Å²) in [6, 6.07) is 0.482. The van der Waals surface area contributed by atoms with Crippen LogP contribution >= 0.6 is 22.6 Å². The Morgan fingerprint density at radius 2 is 2.25 bits per heavy atom. The minimum absolute atomic E-state index is 0.482. The molecule has 0 atom stereocenters. The normalized spacial score (nSPS) is 11.6. The summed E-state index contributed by atoms with van der Waals surface area (Å²) in [5.41, 5.74) is 3.12. The maximum atomic E-state index is 4.43. The van der Waals surface area contributed by atoms with Crippen LogP contribution in [0.2, 0.25) is 0 Å². The summed E-state index contributed by atoms with van der Waals surface area (Å²) in [5, 5.41) is 7.78. The van der Waals surface area contributed by atoms with Crippen LogP contribution in [0.4, 0.5) is 0 Å². The van der Waals surface area contributed by atoms with Gasteiger partial charge < -0.3 is 5.32 Å². The molecule has 1 N–H and O–H groups in total. The van der Waals surface area contributed by atoms with Crippen molar-refractivity contribution in [1.29, 1.82) is 0 Å². The molecule has 0 saturated heterocycles. The third-order valence-electron chi connectivity index (χ3n) is 2.34. The molecule has 2 aromatic heterocycles. The smallest absolute Gasteiger partial charge is 0.168 e. The Labute approximate surface area is 109 Å². The molecular formula is C11H15IN4.